The molecule has 17 heavy (non-hydrogen) atoms. The van der Waals surface area contributed by atoms with Gasteiger partial charge in [-0.25, -0.2) is 0 Å². The summed E-state index contributed by atoms with van der Waals surface area (Å²) in [6.07, 6.45) is 3.17. The summed E-state index contributed by atoms with van der Waals surface area (Å²) in [5.41, 5.74) is 0.588. The first-order valence-electron chi connectivity index (χ1n) is 6.13. The summed E-state index contributed by atoms with van der Waals surface area (Å²) in [7, 11) is 0. The number of carbonyl (C=O) groups is 1. The predicted octanol–water partition coefficient (Wildman–Crippen LogP) is 2.57. The van der Waals surface area contributed by atoms with Crippen LogP contribution in [0.5, 0.6) is 5.75 Å². The van der Waals surface area contributed by atoms with Gasteiger partial charge in [-0.1, -0.05) is 18.6 Å². The van der Waals surface area contributed by atoms with Crippen LogP contribution in [0.3, 0.4) is 0 Å². The highest BCUT2D eigenvalue weighted by atomic mass is 16.5. The molecule has 92 valence electrons. The quantitative estimate of drug-likeness (QED) is 0.818. The zero-order valence-electron chi connectivity index (χ0n) is 10.1. The molecule has 1 aliphatic rings. The second-order valence-corrected chi connectivity index (χ2v) is 4.56. The maximum atomic E-state index is 11.4. The van der Waals surface area contributed by atoms with E-state index in [2.05, 4.69) is 0 Å². The first-order chi connectivity index (χ1) is 8.18. The molecule has 0 unspecified atom stereocenters. The van der Waals surface area contributed by atoms with Crippen molar-refractivity contribution in [1.82, 2.24) is 0 Å². The fraction of sp³-hybridized carbons (Fsp3) is 0.500. The number of para-hydroxylation sites is 1. The monoisotopic (exact) mass is 234 g/mol. The van der Waals surface area contributed by atoms with E-state index in [9.17, 15) is 9.90 Å². The van der Waals surface area contributed by atoms with Gasteiger partial charge in [0.1, 0.15) is 11.9 Å². The van der Waals surface area contributed by atoms with Crippen molar-refractivity contribution < 1.29 is 14.6 Å². The molecule has 0 saturated heterocycles. The Morgan fingerprint density at radius 1 is 1.29 bits per heavy atom. The van der Waals surface area contributed by atoms with Crippen molar-refractivity contribution in [2.24, 2.45) is 0 Å². The van der Waals surface area contributed by atoms with Crippen molar-refractivity contribution in [3.05, 3.63) is 29.8 Å². The van der Waals surface area contributed by atoms with E-state index in [-0.39, 0.29) is 11.9 Å². The first kappa shape index (κ1) is 12.1. The van der Waals surface area contributed by atoms with Crippen LogP contribution in [0.15, 0.2) is 24.3 Å². The van der Waals surface area contributed by atoms with E-state index in [0.29, 0.717) is 11.3 Å². The highest BCUT2D eigenvalue weighted by molar-refractivity contribution is 5.96. The summed E-state index contributed by atoms with van der Waals surface area (Å²) in [6.45, 7) is 1.53. The van der Waals surface area contributed by atoms with Crippen molar-refractivity contribution in [1.29, 1.82) is 0 Å². The van der Waals surface area contributed by atoms with Gasteiger partial charge in [-0.3, -0.25) is 4.79 Å². The summed E-state index contributed by atoms with van der Waals surface area (Å²) in [5.74, 6) is 0.580. The number of aliphatic hydroxyl groups excluding tert-OH is 1. The SMILES string of the molecule is CC(=O)c1ccccc1O[C@H]1CCCC[C@@H]1O. The molecular formula is C14H18O3. The van der Waals surface area contributed by atoms with Crippen LogP contribution < -0.4 is 4.74 Å². The molecule has 0 amide bonds. The highest BCUT2D eigenvalue weighted by Crippen LogP contribution is 2.26. The Kier molecular flexibility index (Phi) is 3.79. The van der Waals surface area contributed by atoms with Gasteiger partial charge >= 0.3 is 0 Å². The largest absolute Gasteiger partial charge is 0.487 e. The number of carbonyl (C=O) groups excluding carboxylic acids is 1. The fourth-order valence-electron chi connectivity index (χ4n) is 2.24. The molecule has 3 nitrogen and oxygen atoms in total. The smallest absolute Gasteiger partial charge is 0.163 e. The van der Waals surface area contributed by atoms with Crippen LogP contribution in [0.1, 0.15) is 43.0 Å². The van der Waals surface area contributed by atoms with E-state index < -0.39 is 6.10 Å². The second kappa shape index (κ2) is 5.32. The van der Waals surface area contributed by atoms with Crippen molar-refractivity contribution >= 4 is 5.78 Å². The van der Waals surface area contributed by atoms with Gasteiger partial charge in [0, 0.05) is 0 Å². The zero-order chi connectivity index (χ0) is 12.3. The van der Waals surface area contributed by atoms with Crippen molar-refractivity contribution in [2.45, 2.75) is 44.8 Å². The van der Waals surface area contributed by atoms with Gasteiger partial charge in [-0.15, -0.1) is 0 Å². The number of rotatable bonds is 3. The summed E-state index contributed by atoms with van der Waals surface area (Å²) in [5, 5.41) is 9.85. The van der Waals surface area contributed by atoms with E-state index in [1.54, 1.807) is 12.1 Å². The summed E-state index contributed by atoms with van der Waals surface area (Å²) in [6, 6.07) is 7.21. The minimum atomic E-state index is -0.413. The number of benzene rings is 1. The van der Waals surface area contributed by atoms with Gasteiger partial charge in [-0.2, -0.15) is 0 Å². The average Bonchev–Trinajstić information content (AvgIpc) is 2.32. The number of Topliss-reactive ketones (excluding diaryl/α,β-unsaturated/α-hetero) is 1. The molecule has 2 rings (SSSR count). The number of hydrogen-bond donors (Lipinski definition) is 1. The molecule has 1 aliphatic carbocycles. The Morgan fingerprint density at radius 3 is 2.71 bits per heavy atom. The molecule has 2 atom stereocenters. The highest BCUT2D eigenvalue weighted by Gasteiger charge is 2.25. The van der Waals surface area contributed by atoms with E-state index >= 15 is 0 Å². The lowest BCUT2D eigenvalue weighted by atomic mass is 9.94. The minimum absolute atomic E-state index is 0.00843. The number of aliphatic hydroxyl groups is 1. The number of ketones is 1. The molecule has 0 bridgehead atoms. The summed E-state index contributed by atoms with van der Waals surface area (Å²) >= 11 is 0. The van der Waals surface area contributed by atoms with E-state index in [0.717, 1.165) is 25.7 Å². The van der Waals surface area contributed by atoms with E-state index in [1.807, 2.05) is 12.1 Å². The summed E-state index contributed by atoms with van der Waals surface area (Å²) in [4.78, 5) is 11.4. The molecule has 0 aliphatic heterocycles. The topological polar surface area (TPSA) is 46.5 Å². The molecule has 0 spiro atoms. The Bertz CT molecular complexity index is 400. The maximum absolute atomic E-state index is 11.4. The van der Waals surface area contributed by atoms with Gasteiger partial charge in [-0.05, 0) is 38.3 Å². The molecule has 1 aromatic carbocycles. The zero-order valence-corrected chi connectivity index (χ0v) is 10.1. The summed E-state index contributed by atoms with van der Waals surface area (Å²) < 4.78 is 5.79. The second-order valence-electron chi connectivity index (χ2n) is 4.56. The number of ether oxygens (including phenoxy) is 1. The van der Waals surface area contributed by atoms with Crippen LogP contribution in [-0.2, 0) is 0 Å². The van der Waals surface area contributed by atoms with Gasteiger partial charge in [0.25, 0.3) is 0 Å². The molecule has 1 fully saturated rings. The van der Waals surface area contributed by atoms with Crippen molar-refractivity contribution in [3.63, 3.8) is 0 Å². The van der Waals surface area contributed by atoms with Gasteiger partial charge in [0.05, 0.1) is 11.7 Å². The third-order valence-electron chi connectivity index (χ3n) is 3.21. The van der Waals surface area contributed by atoms with Crippen LogP contribution in [0.2, 0.25) is 0 Å². The van der Waals surface area contributed by atoms with Crippen LogP contribution in [0, 0.1) is 0 Å². The maximum Gasteiger partial charge on any atom is 0.163 e. The molecule has 0 heterocycles. The average molecular weight is 234 g/mol. The van der Waals surface area contributed by atoms with E-state index in [4.69, 9.17) is 4.74 Å². The number of hydrogen-bond acceptors (Lipinski definition) is 3. The van der Waals surface area contributed by atoms with Crippen LogP contribution in [0.4, 0.5) is 0 Å². The predicted molar refractivity (Wildman–Crippen MR) is 65.3 cm³/mol. The molecule has 1 N–H and O–H groups in total. The van der Waals surface area contributed by atoms with Crippen LogP contribution in [0.25, 0.3) is 0 Å². The first-order valence-corrected chi connectivity index (χ1v) is 6.13. The molecular weight excluding hydrogens is 216 g/mol. The molecule has 1 aromatic rings. The van der Waals surface area contributed by atoms with Crippen LogP contribution >= 0.6 is 0 Å². The van der Waals surface area contributed by atoms with Gasteiger partial charge in [0.15, 0.2) is 5.78 Å². The van der Waals surface area contributed by atoms with Crippen molar-refractivity contribution in [3.8, 4) is 5.75 Å². The lowest BCUT2D eigenvalue weighted by Gasteiger charge is -2.28. The molecule has 0 radical (unpaired) electrons. The lowest BCUT2D eigenvalue weighted by molar-refractivity contribution is 0.00648. The third kappa shape index (κ3) is 2.86. The normalized spacial score (nSPS) is 24.4. The standard InChI is InChI=1S/C14H18O3/c1-10(15)11-6-2-4-8-13(11)17-14-9-5-3-7-12(14)16/h2,4,6,8,12,14,16H,3,5,7,9H2,1H3/t12-,14-/m0/s1. The molecule has 0 aromatic heterocycles. The fourth-order valence-corrected chi connectivity index (χ4v) is 2.24. The van der Waals surface area contributed by atoms with E-state index in [1.165, 1.54) is 6.92 Å². The lowest BCUT2D eigenvalue weighted by Crippen LogP contribution is -2.34. The molecule has 3 heteroatoms. The Morgan fingerprint density at radius 2 is 2.00 bits per heavy atom. The Labute approximate surface area is 101 Å². The van der Waals surface area contributed by atoms with Gasteiger partial charge in [0.2, 0.25) is 0 Å². The molecule has 1 saturated carbocycles. The Hall–Kier alpha value is -1.35. The minimum Gasteiger partial charge on any atom is -0.487 e. The van der Waals surface area contributed by atoms with Gasteiger partial charge < -0.3 is 9.84 Å². The van der Waals surface area contributed by atoms with Crippen LogP contribution in [-0.4, -0.2) is 23.1 Å². The van der Waals surface area contributed by atoms with Crippen molar-refractivity contribution in [2.75, 3.05) is 0 Å². The Balaban J connectivity index is 2.14. The third-order valence-corrected chi connectivity index (χ3v) is 3.21.